The van der Waals surface area contributed by atoms with Crippen molar-refractivity contribution >= 4 is 39.7 Å². The van der Waals surface area contributed by atoms with Gasteiger partial charge in [0.05, 0.1) is 22.1 Å². The van der Waals surface area contributed by atoms with Crippen LogP contribution in [0.25, 0.3) is 0 Å². The molecule has 0 saturated heterocycles. The average molecular weight is 404 g/mol. The molecule has 0 bridgehead atoms. The molecular formula is C18H14ClN3O4S. The monoisotopic (exact) mass is 403 g/mol. The highest BCUT2D eigenvalue weighted by Crippen LogP contribution is 2.29. The lowest BCUT2D eigenvalue weighted by atomic mass is 10.1. The molecule has 0 unspecified atom stereocenters. The molecule has 0 aliphatic heterocycles. The number of nitrogens with zero attached hydrogens (tertiary/aromatic N) is 2. The molecule has 0 radical (unpaired) electrons. The van der Waals surface area contributed by atoms with Crippen LogP contribution in [-0.4, -0.2) is 15.2 Å². The summed E-state index contributed by atoms with van der Waals surface area (Å²) in [4.78, 5) is 22.3. The number of hydrogen-bond acceptors (Lipinski definition) is 6. The van der Waals surface area contributed by atoms with E-state index in [1.165, 1.54) is 24.3 Å². The van der Waals surface area contributed by atoms with Crippen molar-refractivity contribution in [2.45, 2.75) is 13.3 Å². The number of aryl methyl sites for hydroxylation is 1. The number of benzene rings is 2. The van der Waals surface area contributed by atoms with Crippen LogP contribution >= 0.6 is 23.1 Å². The van der Waals surface area contributed by atoms with E-state index < -0.39 is 4.92 Å². The van der Waals surface area contributed by atoms with Gasteiger partial charge in [0, 0.05) is 12.1 Å². The first kappa shape index (κ1) is 18.8. The van der Waals surface area contributed by atoms with Crippen molar-refractivity contribution in [3.63, 3.8) is 0 Å². The van der Waals surface area contributed by atoms with Gasteiger partial charge in [-0.25, -0.2) is 0 Å². The maximum absolute atomic E-state index is 12.1. The van der Waals surface area contributed by atoms with Gasteiger partial charge in [-0.05, 0) is 48.3 Å². The molecule has 9 heteroatoms. The molecule has 3 aromatic rings. The van der Waals surface area contributed by atoms with Gasteiger partial charge in [0.2, 0.25) is 5.91 Å². The summed E-state index contributed by atoms with van der Waals surface area (Å²) in [5, 5.41) is 14.4. The highest BCUT2D eigenvalue weighted by molar-refractivity contribution is 7.11. The van der Waals surface area contributed by atoms with Crippen molar-refractivity contribution < 1.29 is 14.5 Å². The van der Waals surface area contributed by atoms with Crippen LogP contribution in [-0.2, 0) is 11.2 Å². The van der Waals surface area contributed by atoms with Crippen molar-refractivity contribution in [2.24, 2.45) is 0 Å². The van der Waals surface area contributed by atoms with Crippen LogP contribution in [0.1, 0.15) is 11.3 Å². The van der Waals surface area contributed by atoms with Crippen LogP contribution in [0.5, 0.6) is 11.5 Å². The van der Waals surface area contributed by atoms with Crippen molar-refractivity contribution in [3.8, 4) is 11.5 Å². The molecule has 1 aromatic heterocycles. The second-order valence-corrected chi connectivity index (χ2v) is 6.78. The predicted octanol–water partition coefficient (Wildman–Crippen LogP) is 4.99. The Labute approximate surface area is 163 Å². The minimum Gasteiger partial charge on any atom is -0.457 e. The number of rotatable bonds is 6. The molecule has 0 atom stereocenters. The first-order valence-electron chi connectivity index (χ1n) is 7.85. The number of halogens is 1. The second kappa shape index (κ2) is 8.15. The van der Waals surface area contributed by atoms with Crippen LogP contribution in [0.15, 0.2) is 48.5 Å². The molecular weight excluding hydrogens is 390 g/mol. The first-order chi connectivity index (χ1) is 12.9. The minimum atomic E-state index is -0.468. The Morgan fingerprint density at radius 2 is 1.78 bits per heavy atom. The van der Waals surface area contributed by atoms with Crippen LogP contribution in [0, 0.1) is 17.0 Å². The van der Waals surface area contributed by atoms with Crippen LogP contribution in [0.3, 0.4) is 0 Å². The fourth-order valence-electron chi connectivity index (χ4n) is 2.24. The van der Waals surface area contributed by atoms with Crippen molar-refractivity contribution in [3.05, 3.63) is 74.9 Å². The number of carbonyl (C=O) groups excluding carboxylic acids is 1. The van der Waals surface area contributed by atoms with E-state index in [0.717, 1.165) is 17.1 Å². The average Bonchev–Trinajstić information content (AvgIpc) is 2.96. The van der Waals surface area contributed by atoms with Gasteiger partial charge in [0.15, 0.2) is 0 Å². The van der Waals surface area contributed by atoms with Crippen molar-refractivity contribution in [1.29, 1.82) is 0 Å². The molecule has 0 fully saturated rings. The van der Waals surface area contributed by atoms with E-state index in [0.29, 0.717) is 27.2 Å². The predicted molar refractivity (Wildman–Crippen MR) is 104 cm³/mol. The summed E-state index contributed by atoms with van der Waals surface area (Å²) in [7, 11) is 0. The SMILES string of the molecule is Cc1nsc(NC(=O)Cc2ccc(Oc3ccc([N+](=O)[O-])cc3)cc2)c1Cl. The highest BCUT2D eigenvalue weighted by atomic mass is 35.5. The number of anilines is 1. The Morgan fingerprint density at radius 3 is 2.30 bits per heavy atom. The molecule has 0 aliphatic carbocycles. The second-order valence-electron chi connectivity index (χ2n) is 5.63. The Hall–Kier alpha value is -2.97. The number of aromatic nitrogens is 1. The fraction of sp³-hybridized carbons (Fsp3) is 0.111. The van der Waals surface area contributed by atoms with Gasteiger partial charge in [-0.1, -0.05) is 23.7 Å². The zero-order valence-corrected chi connectivity index (χ0v) is 15.7. The number of nitro groups is 1. The molecule has 1 amide bonds. The zero-order valence-electron chi connectivity index (χ0n) is 14.1. The molecule has 7 nitrogen and oxygen atoms in total. The molecule has 1 heterocycles. The standard InChI is InChI=1S/C18H14ClN3O4S/c1-11-17(19)18(27-21-11)20-16(23)10-12-2-6-14(7-3-12)26-15-8-4-13(5-9-15)22(24)25/h2-9H,10H2,1H3,(H,20,23). The van der Waals surface area contributed by atoms with Crippen LogP contribution < -0.4 is 10.1 Å². The summed E-state index contributed by atoms with van der Waals surface area (Å²) in [5.74, 6) is 0.861. The molecule has 0 saturated carbocycles. The topological polar surface area (TPSA) is 94.4 Å². The third-order valence-electron chi connectivity index (χ3n) is 3.62. The summed E-state index contributed by atoms with van der Waals surface area (Å²) in [5.41, 5.74) is 1.49. The summed E-state index contributed by atoms with van der Waals surface area (Å²) in [6, 6.07) is 12.8. The molecule has 0 spiro atoms. The summed E-state index contributed by atoms with van der Waals surface area (Å²) < 4.78 is 9.72. The van der Waals surface area contributed by atoms with Crippen molar-refractivity contribution in [1.82, 2.24) is 4.37 Å². The van der Waals surface area contributed by atoms with E-state index in [1.54, 1.807) is 31.2 Å². The molecule has 27 heavy (non-hydrogen) atoms. The number of non-ortho nitro benzene ring substituents is 1. The van der Waals surface area contributed by atoms with E-state index in [4.69, 9.17) is 16.3 Å². The van der Waals surface area contributed by atoms with Gasteiger partial charge < -0.3 is 10.1 Å². The smallest absolute Gasteiger partial charge is 0.269 e. The number of nitro benzene ring substituents is 1. The lowest BCUT2D eigenvalue weighted by molar-refractivity contribution is -0.384. The quantitative estimate of drug-likeness (QED) is 0.462. The largest absolute Gasteiger partial charge is 0.457 e. The molecule has 2 aromatic carbocycles. The number of carbonyl (C=O) groups is 1. The van der Waals surface area contributed by atoms with Crippen molar-refractivity contribution in [2.75, 3.05) is 5.32 Å². The molecule has 1 N–H and O–H groups in total. The molecule has 0 aliphatic rings. The van der Waals surface area contributed by atoms with Gasteiger partial charge in [-0.15, -0.1) is 0 Å². The summed E-state index contributed by atoms with van der Waals surface area (Å²) in [6.45, 7) is 1.78. The number of amides is 1. The number of ether oxygens (including phenoxy) is 1. The lowest BCUT2D eigenvalue weighted by Gasteiger charge is -2.07. The van der Waals surface area contributed by atoms with Crippen LogP contribution in [0.2, 0.25) is 5.02 Å². The maximum atomic E-state index is 12.1. The number of hydrogen-bond donors (Lipinski definition) is 1. The first-order valence-corrected chi connectivity index (χ1v) is 9.00. The van der Waals surface area contributed by atoms with E-state index in [9.17, 15) is 14.9 Å². The third kappa shape index (κ3) is 4.81. The van der Waals surface area contributed by atoms with E-state index >= 15 is 0 Å². The van der Waals surface area contributed by atoms with E-state index in [1.807, 2.05) is 0 Å². The van der Waals surface area contributed by atoms with Gasteiger partial charge in [0.1, 0.15) is 16.5 Å². The van der Waals surface area contributed by atoms with E-state index in [-0.39, 0.29) is 18.0 Å². The van der Waals surface area contributed by atoms with Gasteiger partial charge >= 0.3 is 0 Å². The Morgan fingerprint density at radius 1 is 1.19 bits per heavy atom. The Bertz CT molecular complexity index is 971. The fourth-order valence-corrected chi connectivity index (χ4v) is 3.19. The maximum Gasteiger partial charge on any atom is 0.269 e. The highest BCUT2D eigenvalue weighted by Gasteiger charge is 2.12. The zero-order chi connectivity index (χ0) is 19.4. The van der Waals surface area contributed by atoms with Crippen LogP contribution in [0.4, 0.5) is 10.7 Å². The normalized spacial score (nSPS) is 10.4. The molecule has 3 rings (SSSR count). The lowest BCUT2D eigenvalue weighted by Crippen LogP contribution is -2.13. The van der Waals surface area contributed by atoms with Gasteiger partial charge in [-0.2, -0.15) is 4.37 Å². The molecule has 138 valence electrons. The van der Waals surface area contributed by atoms with Gasteiger partial charge in [-0.3, -0.25) is 14.9 Å². The Balaban J connectivity index is 1.59. The Kier molecular flexibility index (Phi) is 5.68. The number of nitrogens with one attached hydrogen (secondary N) is 1. The van der Waals surface area contributed by atoms with Gasteiger partial charge in [0.25, 0.3) is 5.69 Å². The summed E-state index contributed by atoms with van der Waals surface area (Å²) >= 11 is 7.21. The summed E-state index contributed by atoms with van der Waals surface area (Å²) in [6.07, 6.45) is 0.186. The third-order valence-corrected chi connectivity index (χ3v) is 5.04. The minimum absolute atomic E-state index is 0.0000480. The van der Waals surface area contributed by atoms with E-state index in [2.05, 4.69) is 9.69 Å².